The third-order valence-corrected chi connectivity index (χ3v) is 2.92. The van der Waals surface area contributed by atoms with E-state index in [1.807, 2.05) is 0 Å². The van der Waals surface area contributed by atoms with Gasteiger partial charge < -0.3 is 10.2 Å². The zero-order chi connectivity index (χ0) is 12.6. The van der Waals surface area contributed by atoms with Crippen molar-refractivity contribution in [2.45, 2.75) is 19.4 Å². The molecule has 17 heavy (non-hydrogen) atoms. The SMILES string of the molecule is Cn1cc(C(=O)N2CCNC(=O)C2(C)C)nn1. The van der Waals surface area contributed by atoms with Gasteiger partial charge >= 0.3 is 0 Å². The number of rotatable bonds is 1. The third-order valence-electron chi connectivity index (χ3n) is 2.92. The summed E-state index contributed by atoms with van der Waals surface area (Å²) in [6.45, 7) is 4.38. The average molecular weight is 237 g/mol. The van der Waals surface area contributed by atoms with Crippen molar-refractivity contribution in [3.8, 4) is 0 Å². The summed E-state index contributed by atoms with van der Waals surface area (Å²) in [7, 11) is 1.69. The van der Waals surface area contributed by atoms with Crippen LogP contribution in [0, 0.1) is 0 Å². The number of aryl methyl sites for hydroxylation is 1. The zero-order valence-corrected chi connectivity index (χ0v) is 10.1. The van der Waals surface area contributed by atoms with Crippen LogP contribution >= 0.6 is 0 Å². The van der Waals surface area contributed by atoms with Gasteiger partial charge in [-0.2, -0.15) is 0 Å². The van der Waals surface area contributed by atoms with Crippen LogP contribution in [-0.2, 0) is 11.8 Å². The van der Waals surface area contributed by atoms with Gasteiger partial charge in [0.25, 0.3) is 5.91 Å². The van der Waals surface area contributed by atoms with E-state index in [4.69, 9.17) is 0 Å². The second-order valence-corrected chi connectivity index (χ2v) is 4.55. The fraction of sp³-hybridized carbons (Fsp3) is 0.600. The first-order valence-electron chi connectivity index (χ1n) is 5.39. The van der Waals surface area contributed by atoms with Crippen molar-refractivity contribution in [3.63, 3.8) is 0 Å². The largest absolute Gasteiger partial charge is 0.352 e. The maximum Gasteiger partial charge on any atom is 0.276 e. The molecule has 2 amide bonds. The third kappa shape index (κ3) is 1.88. The summed E-state index contributed by atoms with van der Waals surface area (Å²) in [5.41, 5.74) is -0.595. The molecule has 1 aliphatic rings. The Morgan fingerprint density at radius 1 is 1.53 bits per heavy atom. The van der Waals surface area contributed by atoms with Crippen LogP contribution in [0.3, 0.4) is 0 Å². The first kappa shape index (κ1) is 11.6. The normalized spacial score (nSPS) is 19.0. The van der Waals surface area contributed by atoms with Crippen LogP contribution in [0.1, 0.15) is 24.3 Å². The number of nitrogens with one attached hydrogen (secondary N) is 1. The van der Waals surface area contributed by atoms with Crippen LogP contribution in [0.4, 0.5) is 0 Å². The number of piperazine rings is 1. The van der Waals surface area contributed by atoms with Crippen molar-refractivity contribution in [2.24, 2.45) is 7.05 Å². The van der Waals surface area contributed by atoms with Gasteiger partial charge in [-0.05, 0) is 13.8 Å². The van der Waals surface area contributed by atoms with Crippen molar-refractivity contribution in [1.29, 1.82) is 0 Å². The van der Waals surface area contributed by atoms with E-state index < -0.39 is 5.54 Å². The lowest BCUT2D eigenvalue weighted by molar-refractivity contribution is -0.133. The van der Waals surface area contributed by atoms with E-state index in [1.165, 1.54) is 9.58 Å². The molecule has 1 saturated heterocycles. The number of amides is 2. The molecule has 1 N–H and O–H groups in total. The van der Waals surface area contributed by atoms with E-state index in [-0.39, 0.29) is 17.5 Å². The molecule has 0 radical (unpaired) electrons. The molecular formula is C10H15N5O2. The molecule has 7 nitrogen and oxygen atoms in total. The predicted molar refractivity (Wildman–Crippen MR) is 59.1 cm³/mol. The molecule has 92 valence electrons. The number of carbonyl (C=O) groups is 2. The second kappa shape index (κ2) is 3.83. The number of aromatic nitrogens is 3. The fourth-order valence-corrected chi connectivity index (χ4v) is 1.84. The highest BCUT2D eigenvalue weighted by atomic mass is 16.2. The summed E-state index contributed by atoms with van der Waals surface area (Å²) in [6, 6.07) is 0. The second-order valence-electron chi connectivity index (χ2n) is 4.55. The zero-order valence-electron chi connectivity index (χ0n) is 10.1. The number of hydrogen-bond acceptors (Lipinski definition) is 4. The lowest BCUT2D eigenvalue weighted by atomic mass is 9.98. The minimum atomic E-state index is -0.854. The van der Waals surface area contributed by atoms with E-state index >= 15 is 0 Å². The van der Waals surface area contributed by atoms with E-state index in [0.717, 1.165) is 0 Å². The van der Waals surface area contributed by atoms with Crippen LogP contribution in [0.25, 0.3) is 0 Å². The molecule has 0 atom stereocenters. The predicted octanol–water partition coefficient (Wildman–Crippen LogP) is -0.834. The molecule has 1 aliphatic heterocycles. The standard InChI is InChI=1S/C10H15N5O2/c1-10(2)9(17)11-4-5-15(10)8(16)7-6-14(3)13-12-7/h6H,4-5H2,1-3H3,(H,11,17). The summed E-state index contributed by atoms with van der Waals surface area (Å²) < 4.78 is 1.46. The van der Waals surface area contributed by atoms with Gasteiger partial charge in [0, 0.05) is 20.1 Å². The maximum atomic E-state index is 12.2. The first-order valence-corrected chi connectivity index (χ1v) is 5.39. The van der Waals surface area contributed by atoms with Crippen molar-refractivity contribution in [3.05, 3.63) is 11.9 Å². The van der Waals surface area contributed by atoms with Crippen LogP contribution in [0.5, 0.6) is 0 Å². The summed E-state index contributed by atoms with van der Waals surface area (Å²) >= 11 is 0. The van der Waals surface area contributed by atoms with Crippen LogP contribution in [-0.4, -0.2) is 50.3 Å². The molecule has 1 aromatic heterocycles. The Hall–Kier alpha value is -1.92. The van der Waals surface area contributed by atoms with Crippen LogP contribution < -0.4 is 5.32 Å². The molecule has 0 bridgehead atoms. The Morgan fingerprint density at radius 2 is 2.24 bits per heavy atom. The maximum absolute atomic E-state index is 12.2. The summed E-state index contributed by atoms with van der Waals surface area (Å²) in [5.74, 6) is -0.418. The van der Waals surface area contributed by atoms with Gasteiger partial charge in [-0.1, -0.05) is 5.21 Å². The van der Waals surface area contributed by atoms with Crippen LogP contribution in [0.15, 0.2) is 6.20 Å². The lowest BCUT2D eigenvalue weighted by Gasteiger charge is -2.40. The number of nitrogens with zero attached hydrogens (tertiary/aromatic N) is 4. The monoisotopic (exact) mass is 237 g/mol. The van der Waals surface area contributed by atoms with Gasteiger partial charge in [0.2, 0.25) is 5.91 Å². The van der Waals surface area contributed by atoms with Crippen molar-refractivity contribution in [1.82, 2.24) is 25.2 Å². The molecule has 0 aliphatic carbocycles. The topological polar surface area (TPSA) is 80.1 Å². The van der Waals surface area contributed by atoms with E-state index in [2.05, 4.69) is 15.6 Å². The van der Waals surface area contributed by atoms with Gasteiger partial charge in [-0.3, -0.25) is 14.3 Å². The minimum absolute atomic E-state index is 0.152. The molecule has 0 spiro atoms. The lowest BCUT2D eigenvalue weighted by Crippen LogP contribution is -2.63. The highest BCUT2D eigenvalue weighted by molar-refractivity contribution is 5.98. The van der Waals surface area contributed by atoms with E-state index in [9.17, 15) is 9.59 Å². The van der Waals surface area contributed by atoms with Crippen molar-refractivity contribution in [2.75, 3.05) is 13.1 Å². The summed E-state index contributed by atoms with van der Waals surface area (Å²) in [6.07, 6.45) is 1.55. The summed E-state index contributed by atoms with van der Waals surface area (Å²) in [4.78, 5) is 25.4. The Morgan fingerprint density at radius 3 is 2.82 bits per heavy atom. The molecule has 2 heterocycles. The van der Waals surface area contributed by atoms with Gasteiger partial charge in [-0.25, -0.2) is 0 Å². The molecule has 0 saturated carbocycles. The van der Waals surface area contributed by atoms with E-state index in [1.54, 1.807) is 27.1 Å². The van der Waals surface area contributed by atoms with Gasteiger partial charge in [0.1, 0.15) is 5.54 Å². The molecule has 1 aromatic rings. The smallest absolute Gasteiger partial charge is 0.276 e. The van der Waals surface area contributed by atoms with Gasteiger partial charge in [-0.15, -0.1) is 5.10 Å². The highest BCUT2D eigenvalue weighted by Crippen LogP contribution is 2.19. The molecule has 0 aromatic carbocycles. The Kier molecular flexibility index (Phi) is 2.60. The number of hydrogen-bond donors (Lipinski definition) is 1. The highest BCUT2D eigenvalue weighted by Gasteiger charge is 2.41. The molecule has 7 heteroatoms. The number of carbonyl (C=O) groups excluding carboxylic acids is 2. The molecule has 1 fully saturated rings. The Bertz CT molecular complexity index is 465. The van der Waals surface area contributed by atoms with E-state index in [0.29, 0.717) is 13.1 Å². The van der Waals surface area contributed by atoms with Gasteiger partial charge in [0.05, 0.1) is 6.20 Å². The van der Waals surface area contributed by atoms with Gasteiger partial charge in [0.15, 0.2) is 5.69 Å². The quantitative estimate of drug-likeness (QED) is 0.691. The Balaban J connectivity index is 2.27. The molecule has 2 rings (SSSR count). The molecule has 0 unspecified atom stereocenters. The molecular weight excluding hydrogens is 222 g/mol. The van der Waals surface area contributed by atoms with Crippen molar-refractivity contribution >= 4 is 11.8 Å². The van der Waals surface area contributed by atoms with Crippen molar-refractivity contribution < 1.29 is 9.59 Å². The Labute approximate surface area is 98.8 Å². The summed E-state index contributed by atoms with van der Waals surface area (Å²) in [5, 5.41) is 10.2. The minimum Gasteiger partial charge on any atom is -0.352 e. The average Bonchev–Trinajstić information content (AvgIpc) is 2.68. The van der Waals surface area contributed by atoms with Crippen LogP contribution in [0.2, 0.25) is 0 Å². The fourth-order valence-electron chi connectivity index (χ4n) is 1.84. The first-order chi connectivity index (χ1) is 7.93.